The summed E-state index contributed by atoms with van der Waals surface area (Å²) in [5, 5.41) is 10.8. The summed E-state index contributed by atoms with van der Waals surface area (Å²) in [6.45, 7) is 0. The molecule has 1 rings (SSSR count). The first-order valence-electron chi connectivity index (χ1n) is 2.70. The summed E-state index contributed by atoms with van der Waals surface area (Å²) in [7, 11) is 0. The van der Waals surface area contributed by atoms with Crippen LogP contribution in [0.3, 0.4) is 0 Å². The van der Waals surface area contributed by atoms with Gasteiger partial charge in [-0.1, -0.05) is 18.2 Å². The Morgan fingerprint density at radius 1 is 1.33 bits per heavy atom. The van der Waals surface area contributed by atoms with Crippen molar-refractivity contribution in [3.63, 3.8) is 0 Å². The van der Waals surface area contributed by atoms with Gasteiger partial charge in [-0.15, -0.1) is 0 Å². The van der Waals surface area contributed by atoms with Gasteiger partial charge in [0.05, 0.1) is 0 Å². The number of thiol groups is 1. The number of rotatable bonds is 1. The Morgan fingerprint density at radius 3 is 2.44 bits per heavy atom. The molecular formula is C7H7OS. The minimum Gasteiger partial charge on any atom is -0.290 e. The standard InChI is InChI=1S/C7H7OS/c8-7-4-2-1-3-6(7)5-9/h1-4,9H,5H2. The van der Waals surface area contributed by atoms with Crippen LogP contribution in [0.25, 0.3) is 0 Å². The van der Waals surface area contributed by atoms with Gasteiger partial charge in [-0.3, -0.25) is 5.11 Å². The van der Waals surface area contributed by atoms with E-state index >= 15 is 0 Å². The van der Waals surface area contributed by atoms with Gasteiger partial charge < -0.3 is 0 Å². The van der Waals surface area contributed by atoms with E-state index in [-0.39, 0.29) is 5.75 Å². The summed E-state index contributed by atoms with van der Waals surface area (Å²) in [5.74, 6) is 0.604. The fraction of sp³-hybridized carbons (Fsp3) is 0.143. The van der Waals surface area contributed by atoms with Crippen molar-refractivity contribution in [3.05, 3.63) is 29.8 Å². The lowest BCUT2D eigenvalue weighted by atomic mass is 10.2. The SMILES string of the molecule is [O]c1ccccc1CS. The second-order valence-electron chi connectivity index (χ2n) is 1.77. The number of hydrogen-bond donors (Lipinski definition) is 1. The van der Waals surface area contributed by atoms with E-state index < -0.39 is 0 Å². The van der Waals surface area contributed by atoms with Crippen LogP contribution in [0.15, 0.2) is 24.3 Å². The van der Waals surface area contributed by atoms with Crippen molar-refractivity contribution in [3.8, 4) is 5.75 Å². The molecule has 0 amide bonds. The molecule has 9 heavy (non-hydrogen) atoms. The summed E-state index contributed by atoms with van der Waals surface area (Å²) < 4.78 is 0. The zero-order chi connectivity index (χ0) is 6.69. The van der Waals surface area contributed by atoms with E-state index in [1.54, 1.807) is 18.2 Å². The Hall–Kier alpha value is -0.630. The lowest BCUT2D eigenvalue weighted by Gasteiger charge is -1.93. The van der Waals surface area contributed by atoms with Crippen LogP contribution in [0, 0.1) is 0 Å². The summed E-state index contributed by atoms with van der Waals surface area (Å²) in [4.78, 5) is 0. The Balaban J connectivity index is 3.01. The van der Waals surface area contributed by atoms with Crippen LogP contribution in [0.2, 0.25) is 0 Å². The molecular weight excluding hydrogens is 132 g/mol. The smallest absolute Gasteiger partial charge is 0.182 e. The molecule has 1 nitrogen and oxygen atoms in total. The average Bonchev–Trinajstić information content (AvgIpc) is 1.89. The molecule has 0 aliphatic rings. The van der Waals surface area contributed by atoms with Gasteiger partial charge in [0.25, 0.3) is 0 Å². The predicted octanol–water partition coefficient (Wildman–Crippen LogP) is 2.26. The minimum atomic E-state index is 0.0764. The van der Waals surface area contributed by atoms with Crippen molar-refractivity contribution >= 4 is 12.6 Å². The molecule has 0 spiro atoms. The van der Waals surface area contributed by atoms with Gasteiger partial charge in [0.1, 0.15) is 0 Å². The molecule has 1 aromatic carbocycles. The van der Waals surface area contributed by atoms with Crippen molar-refractivity contribution in [2.24, 2.45) is 0 Å². The number of hydrogen-bond acceptors (Lipinski definition) is 1. The number of para-hydroxylation sites is 1. The van der Waals surface area contributed by atoms with E-state index in [1.807, 2.05) is 6.07 Å². The van der Waals surface area contributed by atoms with Crippen LogP contribution in [0.1, 0.15) is 5.56 Å². The van der Waals surface area contributed by atoms with E-state index in [1.165, 1.54) is 0 Å². The van der Waals surface area contributed by atoms with Gasteiger partial charge >= 0.3 is 0 Å². The molecule has 0 heterocycles. The predicted molar refractivity (Wildman–Crippen MR) is 39.3 cm³/mol. The Morgan fingerprint density at radius 2 is 2.00 bits per heavy atom. The van der Waals surface area contributed by atoms with Crippen LogP contribution >= 0.6 is 12.6 Å². The molecule has 0 atom stereocenters. The van der Waals surface area contributed by atoms with Crippen LogP contribution < -0.4 is 0 Å². The molecule has 0 bridgehead atoms. The normalized spacial score (nSPS) is 9.44. The highest BCUT2D eigenvalue weighted by molar-refractivity contribution is 7.79. The van der Waals surface area contributed by atoms with E-state index in [2.05, 4.69) is 12.6 Å². The maximum atomic E-state index is 10.8. The van der Waals surface area contributed by atoms with Crippen molar-refractivity contribution in [1.29, 1.82) is 0 Å². The Labute approximate surface area is 59.7 Å². The van der Waals surface area contributed by atoms with Crippen molar-refractivity contribution in [1.82, 2.24) is 0 Å². The molecule has 47 valence electrons. The van der Waals surface area contributed by atoms with Crippen LogP contribution in [0.4, 0.5) is 0 Å². The van der Waals surface area contributed by atoms with Crippen LogP contribution in [-0.2, 0) is 10.9 Å². The lowest BCUT2D eigenvalue weighted by Crippen LogP contribution is -1.74. The summed E-state index contributed by atoms with van der Waals surface area (Å²) in [5.41, 5.74) is 0.765. The topological polar surface area (TPSA) is 19.9 Å². The molecule has 1 aromatic rings. The van der Waals surface area contributed by atoms with Gasteiger partial charge in [0, 0.05) is 11.3 Å². The molecule has 0 aliphatic heterocycles. The Bertz CT molecular complexity index is 198. The summed E-state index contributed by atoms with van der Waals surface area (Å²) in [6, 6.07) is 6.91. The van der Waals surface area contributed by atoms with Gasteiger partial charge in [-0.2, -0.15) is 12.6 Å². The van der Waals surface area contributed by atoms with Crippen molar-refractivity contribution in [2.75, 3.05) is 0 Å². The Kier molecular flexibility index (Phi) is 2.01. The molecule has 0 aromatic heterocycles. The summed E-state index contributed by atoms with van der Waals surface area (Å²) in [6.07, 6.45) is 0. The van der Waals surface area contributed by atoms with Crippen LogP contribution in [-0.4, -0.2) is 0 Å². The first-order valence-corrected chi connectivity index (χ1v) is 3.33. The fourth-order valence-corrected chi connectivity index (χ4v) is 0.896. The zero-order valence-corrected chi connectivity index (χ0v) is 5.77. The highest BCUT2D eigenvalue weighted by atomic mass is 32.1. The maximum Gasteiger partial charge on any atom is 0.182 e. The van der Waals surface area contributed by atoms with Crippen molar-refractivity contribution < 1.29 is 5.11 Å². The first-order chi connectivity index (χ1) is 4.34. The molecule has 0 saturated carbocycles. The van der Waals surface area contributed by atoms with Gasteiger partial charge in [-0.25, -0.2) is 0 Å². The molecule has 2 heteroatoms. The van der Waals surface area contributed by atoms with Crippen LogP contribution in [0.5, 0.6) is 5.75 Å². The van der Waals surface area contributed by atoms with Gasteiger partial charge in [-0.05, 0) is 6.07 Å². The third-order valence-electron chi connectivity index (χ3n) is 1.14. The molecule has 0 saturated heterocycles. The highest BCUT2D eigenvalue weighted by Gasteiger charge is 1.95. The minimum absolute atomic E-state index is 0.0764. The number of benzene rings is 1. The molecule has 0 fully saturated rings. The van der Waals surface area contributed by atoms with E-state index in [9.17, 15) is 5.11 Å². The fourth-order valence-electron chi connectivity index (χ4n) is 0.634. The molecule has 0 unspecified atom stereocenters. The van der Waals surface area contributed by atoms with E-state index in [0.29, 0.717) is 5.75 Å². The second kappa shape index (κ2) is 2.78. The second-order valence-corrected chi connectivity index (χ2v) is 2.08. The lowest BCUT2D eigenvalue weighted by molar-refractivity contribution is 0.351. The van der Waals surface area contributed by atoms with E-state index in [0.717, 1.165) is 5.56 Å². The largest absolute Gasteiger partial charge is 0.290 e. The van der Waals surface area contributed by atoms with E-state index in [4.69, 9.17) is 0 Å². The summed E-state index contributed by atoms with van der Waals surface area (Å²) >= 11 is 3.98. The zero-order valence-electron chi connectivity index (χ0n) is 4.87. The van der Waals surface area contributed by atoms with Gasteiger partial charge in [0.15, 0.2) is 5.75 Å². The maximum absolute atomic E-state index is 10.8. The molecule has 0 N–H and O–H groups in total. The first kappa shape index (κ1) is 6.49. The quantitative estimate of drug-likeness (QED) is 0.576. The van der Waals surface area contributed by atoms with Gasteiger partial charge in [0.2, 0.25) is 0 Å². The van der Waals surface area contributed by atoms with Crippen molar-refractivity contribution in [2.45, 2.75) is 5.75 Å². The third kappa shape index (κ3) is 1.39. The monoisotopic (exact) mass is 139 g/mol. The molecule has 1 radical (unpaired) electrons. The highest BCUT2D eigenvalue weighted by Crippen LogP contribution is 2.17. The average molecular weight is 139 g/mol. The third-order valence-corrected chi connectivity index (χ3v) is 1.48. The molecule has 0 aliphatic carbocycles.